The number of halogens is 1. The van der Waals surface area contributed by atoms with Gasteiger partial charge in [0.25, 0.3) is 0 Å². The van der Waals surface area contributed by atoms with Crippen molar-refractivity contribution in [3.05, 3.63) is 23.9 Å². The van der Waals surface area contributed by atoms with Crippen molar-refractivity contribution in [3.8, 4) is 11.3 Å². The van der Waals surface area contributed by atoms with Gasteiger partial charge in [-0.15, -0.1) is 0 Å². The van der Waals surface area contributed by atoms with Crippen molar-refractivity contribution in [1.29, 1.82) is 0 Å². The molecule has 0 bridgehead atoms. The van der Waals surface area contributed by atoms with Gasteiger partial charge in [-0.2, -0.15) is 5.10 Å². The van der Waals surface area contributed by atoms with Crippen LogP contribution in [0.25, 0.3) is 11.3 Å². The molecule has 4 aliphatic rings. The zero-order chi connectivity index (χ0) is 20.1. The summed E-state index contributed by atoms with van der Waals surface area (Å²) >= 11 is 0. The molecule has 2 N–H and O–H groups in total. The SMILES string of the molecule is Fc1cnc(N[C@H]2CC[C@H](NC3CCC3)CC2)nc1-c1cnn2c1CC1(CC2)CC1. The van der Waals surface area contributed by atoms with E-state index in [2.05, 4.69) is 25.7 Å². The average molecular weight is 411 g/mol. The fourth-order valence-electron chi connectivity index (χ4n) is 5.50. The maximum Gasteiger partial charge on any atom is 0.223 e. The minimum absolute atomic E-state index is 0.360. The lowest BCUT2D eigenvalue weighted by molar-refractivity contribution is 0.260. The number of hydrogen-bond donors (Lipinski definition) is 2. The van der Waals surface area contributed by atoms with Gasteiger partial charge < -0.3 is 10.6 Å². The number of hydrogen-bond acceptors (Lipinski definition) is 5. The van der Waals surface area contributed by atoms with Crippen LogP contribution in [0, 0.1) is 11.2 Å². The monoisotopic (exact) mass is 410 g/mol. The number of anilines is 1. The van der Waals surface area contributed by atoms with Crippen molar-refractivity contribution < 1.29 is 4.39 Å². The Balaban J connectivity index is 1.15. The highest BCUT2D eigenvalue weighted by Gasteiger charge is 2.46. The van der Waals surface area contributed by atoms with E-state index < -0.39 is 0 Å². The molecule has 0 saturated heterocycles. The van der Waals surface area contributed by atoms with E-state index in [1.807, 2.05) is 4.68 Å². The zero-order valence-electron chi connectivity index (χ0n) is 17.5. The van der Waals surface area contributed by atoms with Crippen molar-refractivity contribution in [2.24, 2.45) is 5.41 Å². The summed E-state index contributed by atoms with van der Waals surface area (Å²) in [6.45, 7) is 0.936. The summed E-state index contributed by atoms with van der Waals surface area (Å²) in [4.78, 5) is 8.85. The standard InChI is InChI=1S/C23H31FN6/c24-19-14-25-22(28-17-6-4-16(5-7-17)27-15-2-1-3-15)29-21(19)18-13-26-30-11-10-23(8-9-23)12-20(18)30/h13-17,27H,1-12H2,(H,25,28,29)/t16-,17-. The molecular formula is C23H31FN6. The fourth-order valence-corrected chi connectivity index (χ4v) is 5.50. The van der Waals surface area contributed by atoms with Crippen molar-refractivity contribution in [2.75, 3.05) is 5.32 Å². The second-order valence-electron chi connectivity index (χ2n) is 10.0. The van der Waals surface area contributed by atoms with Crippen LogP contribution in [0.4, 0.5) is 10.3 Å². The number of fused-ring (bicyclic) bond motifs is 1. The minimum Gasteiger partial charge on any atom is -0.351 e. The molecule has 3 fully saturated rings. The molecule has 0 unspecified atom stereocenters. The molecule has 2 aromatic heterocycles. The first-order valence-corrected chi connectivity index (χ1v) is 11.8. The average Bonchev–Trinajstić information content (AvgIpc) is 3.35. The van der Waals surface area contributed by atoms with Gasteiger partial charge in [0.15, 0.2) is 5.82 Å². The maximum absolute atomic E-state index is 14.7. The van der Waals surface area contributed by atoms with Crippen LogP contribution in [0.3, 0.4) is 0 Å². The highest BCUT2D eigenvalue weighted by atomic mass is 19.1. The largest absolute Gasteiger partial charge is 0.351 e. The van der Waals surface area contributed by atoms with Crippen LogP contribution >= 0.6 is 0 Å². The Hall–Kier alpha value is -2.02. The molecule has 3 saturated carbocycles. The third-order valence-corrected chi connectivity index (χ3v) is 7.94. The smallest absolute Gasteiger partial charge is 0.223 e. The van der Waals surface area contributed by atoms with Crippen LogP contribution in [0.15, 0.2) is 12.4 Å². The van der Waals surface area contributed by atoms with Gasteiger partial charge in [-0.3, -0.25) is 4.68 Å². The molecule has 0 radical (unpaired) electrons. The van der Waals surface area contributed by atoms with E-state index >= 15 is 0 Å². The molecule has 0 aromatic carbocycles. The van der Waals surface area contributed by atoms with E-state index in [4.69, 9.17) is 0 Å². The van der Waals surface area contributed by atoms with E-state index in [0.717, 1.165) is 43.1 Å². The molecule has 160 valence electrons. The Morgan fingerprint density at radius 3 is 2.47 bits per heavy atom. The van der Waals surface area contributed by atoms with Gasteiger partial charge in [-0.25, -0.2) is 14.4 Å². The van der Waals surface area contributed by atoms with Crippen LogP contribution in [0.5, 0.6) is 0 Å². The maximum atomic E-state index is 14.7. The summed E-state index contributed by atoms with van der Waals surface area (Å²) in [6, 6.07) is 1.75. The van der Waals surface area contributed by atoms with E-state index in [0.29, 0.717) is 29.1 Å². The van der Waals surface area contributed by atoms with Crippen molar-refractivity contribution in [2.45, 2.75) is 95.3 Å². The third-order valence-electron chi connectivity index (χ3n) is 7.94. The number of aryl methyl sites for hydroxylation is 1. The molecule has 0 atom stereocenters. The number of nitrogens with zero attached hydrogens (tertiary/aromatic N) is 4. The molecule has 2 aromatic rings. The molecule has 0 amide bonds. The summed E-state index contributed by atoms with van der Waals surface area (Å²) in [5.74, 6) is 0.180. The van der Waals surface area contributed by atoms with E-state index in [9.17, 15) is 4.39 Å². The second kappa shape index (κ2) is 7.29. The van der Waals surface area contributed by atoms with Crippen LogP contribution in [0.2, 0.25) is 0 Å². The van der Waals surface area contributed by atoms with Gasteiger partial charge in [0.05, 0.1) is 12.4 Å². The molecule has 7 heteroatoms. The first kappa shape index (κ1) is 18.7. The van der Waals surface area contributed by atoms with Crippen molar-refractivity contribution in [3.63, 3.8) is 0 Å². The topological polar surface area (TPSA) is 67.7 Å². The number of nitrogens with one attached hydrogen (secondary N) is 2. The lowest BCUT2D eigenvalue weighted by Gasteiger charge is -2.35. The number of aromatic nitrogens is 4. The van der Waals surface area contributed by atoms with Crippen LogP contribution in [-0.4, -0.2) is 37.9 Å². The van der Waals surface area contributed by atoms with Crippen molar-refractivity contribution >= 4 is 5.95 Å². The summed E-state index contributed by atoms with van der Waals surface area (Å²) in [7, 11) is 0. The predicted octanol–water partition coefficient (Wildman–Crippen LogP) is 4.07. The van der Waals surface area contributed by atoms with Gasteiger partial charge in [0.2, 0.25) is 5.95 Å². The van der Waals surface area contributed by atoms with Gasteiger partial charge >= 0.3 is 0 Å². The van der Waals surface area contributed by atoms with Gasteiger partial charge in [-0.05, 0) is 69.6 Å². The van der Waals surface area contributed by atoms with E-state index in [-0.39, 0.29) is 5.82 Å². The Morgan fingerprint density at radius 1 is 0.967 bits per heavy atom. The fraction of sp³-hybridized carbons (Fsp3) is 0.696. The van der Waals surface area contributed by atoms with Crippen molar-refractivity contribution in [1.82, 2.24) is 25.1 Å². The molecule has 1 aliphatic heterocycles. The molecule has 30 heavy (non-hydrogen) atoms. The minimum atomic E-state index is -0.361. The summed E-state index contributed by atoms with van der Waals surface area (Å²) in [5, 5.41) is 11.8. The lowest BCUT2D eigenvalue weighted by Crippen LogP contribution is -2.45. The lowest BCUT2D eigenvalue weighted by atomic mass is 9.87. The van der Waals surface area contributed by atoms with Gasteiger partial charge in [0, 0.05) is 35.9 Å². The zero-order valence-corrected chi connectivity index (χ0v) is 17.5. The second-order valence-corrected chi connectivity index (χ2v) is 10.0. The van der Waals surface area contributed by atoms with E-state index in [1.165, 1.54) is 57.6 Å². The molecule has 6 nitrogen and oxygen atoms in total. The number of rotatable bonds is 5. The molecule has 3 aliphatic carbocycles. The Labute approximate surface area is 177 Å². The Kier molecular flexibility index (Phi) is 4.55. The molecule has 3 heterocycles. The highest BCUT2D eigenvalue weighted by Crippen LogP contribution is 2.54. The van der Waals surface area contributed by atoms with Crippen LogP contribution in [-0.2, 0) is 13.0 Å². The normalized spacial score (nSPS) is 27.5. The highest BCUT2D eigenvalue weighted by molar-refractivity contribution is 5.63. The summed E-state index contributed by atoms with van der Waals surface area (Å²) < 4.78 is 16.7. The predicted molar refractivity (Wildman–Crippen MR) is 114 cm³/mol. The summed E-state index contributed by atoms with van der Waals surface area (Å²) in [5.41, 5.74) is 2.83. The first-order valence-electron chi connectivity index (χ1n) is 11.8. The Morgan fingerprint density at radius 2 is 1.73 bits per heavy atom. The Bertz CT molecular complexity index is 924. The molecular weight excluding hydrogens is 379 g/mol. The van der Waals surface area contributed by atoms with Gasteiger partial charge in [-0.1, -0.05) is 6.42 Å². The molecule has 6 rings (SSSR count). The third kappa shape index (κ3) is 3.51. The summed E-state index contributed by atoms with van der Waals surface area (Å²) in [6.07, 6.45) is 16.5. The van der Waals surface area contributed by atoms with Crippen LogP contribution < -0.4 is 10.6 Å². The molecule has 1 spiro atoms. The first-order chi connectivity index (χ1) is 14.7. The van der Waals surface area contributed by atoms with Crippen LogP contribution in [0.1, 0.15) is 69.9 Å². The quantitative estimate of drug-likeness (QED) is 0.778. The van der Waals surface area contributed by atoms with Gasteiger partial charge in [0.1, 0.15) is 5.69 Å². The van der Waals surface area contributed by atoms with E-state index in [1.54, 1.807) is 6.20 Å².